The molecule has 1 heterocycles. The fraction of sp³-hybridized carbons (Fsp3) is 0.619. The minimum absolute atomic E-state index is 0.0395. The molecule has 1 aromatic rings. The monoisotopic (exact) mass is 375 g/mol. The van der Waals surface area contributed by atoms with Crippen LogP contribution >= 0.6 is 0 Å². The fourth-order valence-corrected chi connectivity index (χ4v) is 3.63. The van der Waals surface area contributed by atoms with Gasteiger partial charge in [0, 0.05) is 0 Å². The van der Waals surface area contributed by atoms with Gasteiger partial charge in [-0.15, -0.1) is 0 Å². The molecule has 1 aliphatic heterocycles. The quantitative estimate of drug-likeness (QED) is 0.733. The van der Waals surface area contributed by atoms with Gasteiger partial charge in [-0.3, -0.25) is 14.5 Å². The third kappa shape index (κ3) is 7.21. The van der Waals surface area contributed by atoms with Gasteiger partial charge in [-0.2, -0.15) is 0 Å². The first-order chi connectivity index (χ1) is 13.0. The molecular formula is C21H33N3O3. The highest BCUT2D eigenvalue weighted by Gasteiger charge is 2.18. The average molecular weight is 376 g/mol. The Morgan fingerprint density at radius 1 is 1.22 bits per heavy atom. The predicted molar refractivity (Wildman–Crippen MR) is 108 cm³/mol. The van der Waals surface area contributed by atoms with E-state index in [0.717, 1.165) is 37.4 Å². The zero-order chi connectivity index (χ0) is 19.6. The average Bonchev–Trinajstić information content (AvgIpc) is 2.86. The van der Waals surface area contributed by atoms with Crippen molar-refractivity contribution in [3.63, 3.8) is 0 Å². The molecule has 1 aromatic carbocycles. The van der Waals surface area contributed by atoms with Crippen LogP contribution < -0.4 is 15.4 Å². The molecule has 1 fully saturated rings. The normalized spacial score (nSPS) is 17.8. The Kier molecular flexibility index (Phi) is 8.58. The van der Waals surface area contributed by atoms with E-state index in [1.54, 1.807) is 7.11 Å². The number of methoxy groups -OCH3 is 1. The van der Waals surface area contributed by atoms with E-state index in [4.69, 9.17) is 4.74 Å². The van der Waals surface area contributed by atoms with Gasteiger partial charge in [0.25, 0.3) is 0 Å². The minimum Gasteiger partial charge on any atom is -0.495 e. The van der Waals surface area contributed by atoms with Gasteiger partial charge < -0.3 is 15.4 Å². The highest BCUT2D eigenvalue weighted by molar-refractivity contribution is 5.96. The van der Waals surface area contributed by atoms with Gasteiger partial charge in [0.15, 0.2) is 0 Å². The molecule has 0 saturated carbocycles. The largest absolute Gasteiger partial charge is 0.495 e. The maximum Gasteiger partial charge on any atom is 0.243 e. The van der Waals surface area contributed by atoms with Crippen LogP contribution in [0.1, 0.15) is 44.6 Å². The van der Waals surface area contributed by atoms with E-state index in [1.807, 2.05) is 25.1 Å². The van der Waals surface area contributed by atoms with E-state index in [1.165, 1.54) is 19.3 Å². The van der Waals surface area contributed by atoms with E-state index in [9.17, 15) is 9.59 Å². The highest BCUT2D eigenvalue weighted by Crippen LogP contribution is 2.25. The molecule has 0 aromatic heterocycles. The molecule has 6 heteroatoms. The number of ether oxygens (including phenoxy) is 1. The molecule has 2 N–H and O–H groups in total. The molecule has 0 spiro atoms. The Labute approximate surface area is 162 Å². The van der Waals surface area contributed by atoms with E-state index < -0.39 is 0 Å². The Hall–Kier alpha value is -2.08. The summed E-state index contributed by atoms with van der Waals surface area (Å²) in [5.41, 5.74) is 1.64. The molecule has 1 atom stereocenters. The number of carbonyl (C=O) groups excluding carboxylic acids is 2. The lowest BCUT2D eigenvalue weighted by molar-refractivity contribution is -0.125. The van der Waals surface area contributed by atoms with Crippen molar-refractivity contribution in [3.05, 3.63) is 23.8 Å². The second-order valence-electron chi connectivity index (χ2n) is 7.39. The summed E-state index contributed by atoms with van der Waals surface area (Å²) in [7, 11) is 1.56. The van der Waals surface area contributed by atoms with Crippen molar-refractivity contribution in [1.82, 2.24) is 10.2 Å². The number of nitrogens with one attached hydrogen (secondary N) is 2. The van der Waals surface area contributed by atoms with Crippen LogP contribution in [0.4, 0.5) is 5.69 Å². The molecule has 1 saturated heterocycles. The number of nitrogens with zero attached hydrogens (tertiary/aromatic N) is 1. The topological polar surface area (TPSA) is 70.7 Å². The molecule has 27 heavy (non-hydrogen) atoms. The van der Waals surface area contributed by atoms with Crippen LogP contribution in [0.3, 0.4) is 0 Å². The summed E-state index contributed by atoms with van der Waals surface area (Å²) in [4.78, 5) is 26.6. The highest BCUT2D eigenvalue weighted by atomic mass is 16.5. The molecule has 2 amide bonds. The summed E-state index contributed by atoms with van der Waals surface area (Å²) < 4.78 is 5.26. The van der Waals surface area contributed by atoms with Crippen LogP contribution in [0.5, 0.6) is 5.75 Å². The van der Waals surface area contributed by atoms with Crippen LogP contribution in [0.2, 0.25) is 0 Å². The van der Waals surface area contributed by atoms with Gasteiger partial charge in [-0.05, 0) is 62.9 Å². The maximum atomic E-state index is 12.2. The third-order valence-electron chi connectivity index (χ3n) is 5.08. The summed E-state index contributed by atoms with van der Waals surface area (Å²) >= 11 is 0. The zero-order valence-corrected chi connectivity index (χ0v) is 16.8. The van der Waals surface area contributed by atoms with Crippen molar-refractivity contribution < 1.29 is 14.3 Å². The Bertz CT molecular complexity index is 633. The van der Waals surface area contributed by atoms with Crippen LogP contribution in [0.25, 0.3) is 0 Å². The SMILES string of the molecule is CCCC1CCCN(CC(=O)NCC(=O)Nc2cc(C)ccc2OC)CC1. The van der Waals surface area contributed by atoms with E-state index >= 15 is 0 Å². The summed E-state index contributed by atoms with van der Waals surface area (Å²) in [6, 6.07) is 5.58. The van der Waals surface area contributed by atoms with E-state index in [2.05, 4.69) is 22.5 Å². The van der Waals surface area contributed by atoms with Crippen LogP contribution in [0, 0.1) is 12.8 Å². The standard InChI is InChI=1S/C21H33N3O3/c1-4-6-17-7-5-11-24(12-10-17)15-21(26)22-14-20(25)23-18-13-16(2)8-9-19(18)27-3/h8-9,13,17H,4-7,10-12,14-15H2,1-3H3,(H,22,26)(H,23,25). The smallest absolute Gasteiger partial charge is 0.243 e. The molecule has 150 valence electrons. The van der Waals surface area contributed by atoms with Crippen molar-refractivity contribution in [3.8, 4) is 5.75 Å². The first-order valence-electron chi connectivity index (χ1n) is 9.95. The summed E-state index contributed by atoms with van der Waals surface area (Å²) in [5.74, 6) is 1.03. The van der Waals surface area contributed by atoms with Gasteiger partial charge in [0.1, 0.15) is 5.75 Å². The van der Waals surface area contributed by atoms with Crippen molar-refractivity contribution in [1.29, 1.82) is 0 Å². The Morgan fingerprint density at radius 2 is 2.04 bits per heavy atom. The lowest BCUT2D eigenvalue weighted by Crippen LogP contribution is -2.40. The molecule has 0 aliphatic carbocycles. The first-order valence-corrected chi connectivity index (χ1v) is 9.95. The van der Waals surface area contributed by atoms with Crippen LogP contribution in [-0.4, -0.2) is 50.0 Å². The minimum atomic E-state index is -0.258. The third-order valence-corrected chi connectivity index (χ3v) is 5.08. The summed E-state index contributed by atoms with van der Waals surface area (Å²) in [5, 5.41) is 5.52. The second kappa shape index (κ2) is 10.9. The molecule has 2 rings (SSSR count). The molecule has 0 radical (unpaired) electrons. The van der Waals surface area contributed by atoms with E-state index in [0.29, 0.717) is 18.0 Å². The number of hydrogen-bond donors (Lipinski definition) is 2. The summed E-state index contributed by atoms with van der Waals surface area (Å²) in [6.07, 6.45) is 6.07. The molecule has 1 aliphatic rings. The maximum absolute atomic E-state index is 12.2. The van der Waals surface area contributed by atoms with Gasteiger partial charge in [-0.25, -0.2) is 0 Å². The van der Waals surface area contributed by atoms with E-state index in [-0.39, 0.29) is 18.4 Å². The van der Waals surface area contributed by atoms with Gasteiger partial charge in [0.2, 0.25) is 11.8 Å². The van der Waals surface area contributed by atoms with Gasteiger partial charge in [0.05, 0.1) is 25.9 Å². The molecule has 6 nitrogen and oxygen atoms in total. The fourth-order valence-electron chi connectivity index (χ4n) is 3.63. The van der Waals surface area contributed by atoms with Crippen LogP contribution in [-0.2, 0) is 9.59 Å². The molecular weight excluding hydrogens is 342 g/mol. The second-order valence-corrected chi connectivity index (χ2v) is 7.39. The number of amides is 2. The number of likely N-dealkylation sites (tertiary alicyclic amines) is 1. The van der Waals surface area contributed by atoms with Gasteiger partial charge in [-0.1, -0.05) is 25.8 Å². The van der Waals surface area contributed by atoms with Gasteiger partial charge >= 0.3 is 0 Å². The summed E-state index contributed by atoms with van der Waals surface area (Å²) in [6.45, 7) is 6.42. The van der Waals surface area contributed by atoms with Crippen molar-refractivity contribution in [2.24, 2.45) is 5.92 Å². The number of rotatable bonds is 8. The molecule has 1 unspecified atom stereocenters. The molecule has 0 bridgehead atoms. The van der Waals surface area contributed by atoms with Crippen LogP contribution in [0.15, 0.2) is 18.2 Å². The van der Waals surface area contributed by atoms with Crippen molar-refractivity contribution >= 4 is 17.5 Å². The Balaban J connectivity index is 1.75. The first kappa shape index (κ1) is 21.2. The number of carbonyl (C=O) groups is 2. The number of anilines is 1. The number of benzene rings is 1. The lowest BCUT2D eigenvalue weighted by atomic mass is 9.96. The zero-order valence-electron chi connectivity index (χ0n) is 16.8. The van der Waals surface area contributed by atoms with Crippen molar-refractivity contribution in [2.45, 2.75) is 46.0 Å². The lowest BCUT2D eigenvalue weighted by Gasteiger charge is -2.19. The number of aryl methyl sites for hydroxylation is 1. The number of hydrogen-bond acceptors (Lipinski definition) is 4. The Morgan fingerprint density at radius 3 is 2.78 bits per heavy atom. The van der Waals surface area contributed by atoms with Crippen molar-refractivity contribution in [2.75, 3.05) is 38.6 Å². The predicted octanol–water partition coefficient (Wildman–Crippen LogP) is 2.96.